The minimum atomic E-state index is -0.507. The van der Waals surface area contributed by atoms with Gasteiger partial charge in [0.1, 0.15) is 29.7 Å². The predicted molar refractivity (Wildman–Crippen MR) is 128 cm³/mol. The zero-order valence-electron chi connectivity index (χ0n) is 17.6. The summed E-state index contributed by atoms with van der Waals surface area (Å²) in [5.74, 6) is 0.955. The van der Waals surface area contributed by atoms with Crippen molar-refractivity contribution < 1.29 is 19.3 Å². The summed E-state index contributed by atoms with van der Waals surface area (Å²) in [6.07, 6.45) is 0. The van der Waals surface area contributed by atoms with Crippen LogP contribution in [0, 0.1) is 11.3 Å². The van der Waals surface area contributed by atoms with Crippen LogP contribution >= 0.6 is 27.5 Å². The molecule has 0 aromatic heterocycles. The maximum absolute atomic E-state index is 9.87. The van der Waals surface area contributed by atoms with Gasteiger partial charge in [-0.1, -0.05) is 35.9 Å². The van der Waals surface area contributed by atoms with Gasteiger partial charge in [-0.15, -0.1) is 0 Å². The first-order valence-electron chi connectivity index (χ1n) is 10.2. The second kappa shape index (κ2) is 9.65. The molecule has 0 saturated heterocycles. The van der Waals surface area contributed by atoms with Crippen LogP contribution in [-0.4, -0.2) is 11.7 Å². The van der Waals surface area contributed by atoms with Gasteiger partial charge in [0, 0.05) is 22.2 Å². The summed E-state index contributed by atoms with van der Waals surface area (Å²) in [7, 11) is 0. The van der Waals surface area contributed by atoms with Crippen LogP contribution in [0.4, 0.5) is 0 Å². The van der Waals surface area contributed by atoms with Gasteiger partial charge in [0.05, 0.1) is 17.0 Å². The Morgan fingerprint density at radius 1 is 1.18 bits per heavy atom. The van der Waals surface area contributed by atoms with E-state index in [1.807, 2.05) is 43.3 Å². The number of rotatable bonds is 6. The molecule has 3 N–H and O–H groups in total. The highest BCUT2D eigenvalue weighted by Crippen LogP contribution is 2.47. The summed E-state index contributed by atoms with van der Waals surface area (Å²) in [6, 6.07) is 18.0. The number of hydrogen-bond acceptors (Lipinski definition) is 6. The minimum absolute atomic E-state index is 0.00581. The molecule has 1 atom stereocenters. The van der Waals surface area contributed by atoms with Crippen LogP contribution in [0.25, 0.3) is 0 Å². The third-order valence-corrected chi connectivity index (χ3v) is 6.16. The molecule has 33 heavy (non-hydrogen) atoms. The summed E-state index contributed by atoms with van der Waals surface area (Å²) in [5, 5.41) is 20.3. The van der Waals surface area contributed by atoms with Crippen LogP contribution in [0.5, 0.6) is 23.0 Å². The normalized spacial score (nSPS) is 14.8. The molecule has 6 nitrogen and oxygen atoms in total. The number of fused-ring (bicyclic) bond motifs is 1. The number of aromatic hydroxyl groups is 1. The summed E-state index contributed by atoms with van der Waals surface area (Å²) >= 11 is 9.86. The highest BCUT2D eigenvalue weighted by Gasteiger charge is 2.32. The lowest BCUT2D eigenvalue weighted by atomic mass is 9.83. The number of hydrogen-bond donors (Lipinski definition) is 2. The molecular formula is C25H20BrClN2O4. The fourth-order valence-corrected chi connectivity index (χ4v) is 4.47. The molecule has 0 aliphatic carbocycles. The lowest BCUT2D eigenvalue weighted by Gasteiger charge is -2.27. The van der Waals surface area contributed by atoms with Crippen molar-refractivity contribution in [3.63, 3.8) is 0 Å². The Balaban J connectivity index is 1.77. The van der Waals surface area contributed by atoms with Gasteiger partial charge in [0.25, 0.3) is 0 Å². The number of allylic oxidation sites excluding steroid dienone is 1. The molecule has 0 saturated carbocycles. The van der Waals surface area contributed by atoms with Crippen molar-refractivity contribution in [1.29, 1.82) is 5.26 Å². The topological polar surface area (TPSA) is 97.7 Å². The number of phenols is 1. The molecule has 0 bridgehead atoms. The Labute approximate surface area is 204 Å². The van der Waals surface area contributed by atoms with Gasteiger partial charge in [-0.05, 0) is 52.7 Å². The number of nitriles is 1. The average molecular weight is 528 g/mol. The van der Waals surface area contributed by atoms with E-state index in [9.17, 15) is 10.4 Å². The van der Waals surface area contributed by atoms with Gasteiger partial charge < -0.3 is 25.1 Å². The largest absolute Gasteiger partial charge is 0.508 e. The zero-order chi connectivity index (χ0) is 23.5. The Kier molecular flexibility index (Phi) is 6.68. The standard InChI is InChI=1S/C25H20BrClN2O4/c1-2-31-22-10-15(9-19(26)24(22)32-13-14-5-3-4-6-20(14)27)23-17-8-7-16(30)11-21(17)33-25(29)18(23)12-28/h3-11,23,30H,2,13,29H2,1H3/t23-/m0/s1. The van der Waals surface area contributed by atoms with Crippen molar-refractivity contribution in [1.82, 2.24) is 0 Å². The van der Waals surface area contributed by atoms with Crippen LogP contribution in [-0.2, 0) is 6.61 Å². The molecule has 4 rings (SSSR count). The van der Waals surface area contributed by atoms with E-state index in [2.05, 4.69) is 22.0 Å². The molecule has 0 spiro atoms. The van der Waals surface area contributed by atoms with Crippen LogP contribution in [0.3, 0.4) is 0 Å². The van der Waals surface area contributed by atoms with Crippen LogP contribution in [0.1, 0.15) is 29.5 Å². The van der Waals surface area contributed by atoms with E-state index in [0.717, 1.165) is 11.1 Å². The quantitative estimate of drug-likeness (QED) is 0.408. The van der Waals surface area contributed by atoms with Gasteiger partial charge in [-0.25, -0.2) is 0 Å². The van der Waals surface area contributed by atoms with Crippen molar-refractivity contribution in [2.45, 2.75) is 19.4 Å². The monoisotopic (exact) mass is 526 g/mol. The maximum atomic E-state index is 9.87. The number of nitrogens with zero attached hydrogens (tertiary/aromatic N) is 1. The lowest BCUT2D eigenvalue weighted by molar-refractivity contribution is 0.267. The molecule has 1 heterocycles. The van der Waals surface area contributed by atoms with E-state index >= 15 is 0 Å². The third-order valence-electron chi connectivity index (χ3n) is 5.20. The SMILES string of the molecule is CCOc1cc([C@@H]2C(C#N)=C(N)Oc3cc(O)ccc32)cc(Br)c1OCc1ccccc1Cl. The first-order chi connectivity index (χ1) is 15.9. The number of benzene rings is 3. The highest BCUT2D eigenvalue weighted by atomic mass is 79.9. The first kappa shape index (κ1) is 22.8. The lowest BCUT2D eigenvalue weighted by Crippen LogP contribution is -2.21. The number of ether oxygens (including phenoxy) is 3. The molecule has 1 aliphatic heterocycles. The first-order valence-corrected chi connectivity index (χ1v) is 11.3. The van der Waals surface area contributed by atoms with E-state index < -0.39 is 5.92 Å². The number of nitrogens with two attached hydrogens (primary N) is 1. The Bertz CT molecular complexity index is 1290. The molecule has 3 aromatic carbocycles. The van der Waals surface area contributed by atoms with Gasteiger partial charge in [0.2, 0.25) is 5.88 Å². The molecular weight excluding hydrogens is 508 g/mol. The maximum Gasteiger partial charge on any atom is 0.205 e. The smallest absolute Gasteiger partial charge is 0.205 e. The number of halogens is 2. The fraction of sp³-hybridized carbons (Fsp3) is 0.160. The molecule has 0 radical (unpaired) electrons. The van der Waals surface area contributed by atoms with E-state index in [1.54, 1.807) is 12.1 Å². The molecule has 0 unspecified atom stereocenters. The molecule has 0 amide bonds. The molecule has 0 fully saturated rings. The Hall–Kier alpha value is -3.34. The molecule has 168 valence electrons. The summed E-state index contributed by atoms with van der Waals surface area (Å²) in [5.41, 5.74) is 8.62. The fourth-order valence-electron chi connectivity index (χ4n) is 3.71. The van der Waals surface area contributed by atoms with Crippen molar-refractivity contribution in [2.75, 3.05) is 6.61 Å². The average Bonchev–Trinajstić information content (AvgIpc) is 2.78. The third kappa shape index (κ3) is 4.58. The molecule has 1 aliphatic rings. The summed E-state index contributed by atoms with van der Waals surface area (Å²) in [6.45, 7) is 2.55. The van der Waals surface area contributed by atoms with Gasteiger partial charge in [-0.3, -0.25) is 0 Å². The predicted octanol–water partition coefficient (Wildman–Crippen LogP) is 6.00. The van der Waals surface area contributed by atoms with Crippen molar-refractivity contribution in [3.8, 4) is 29.1 Å². The van der Waals surface area contributed by atoms with Crippen LogP contribution < -0.4 is 19.9 Å². The highest BCUT2D eigenvalue weighted by molar-refractivity contribution is 9.10. The number of phenolic OH excluding ortho intramolecular Hbond substituents is 1. The summed E-state index contributed by atoms with van der Waals surface area (Å²) < 4.78 is 18.2. The summed E-state index contributed by atoms with van der Waals surface area (Å²) in [4.78, 5) is 0. The Morgan fingerprint density at radius 3 is 2.70 bits per heavy atom. The second-order valence-electron chi connectivity index (χ2n) is 7.29. The van der Waals surface area contributed by atoms with Crippen LogP contribution in [0.2, 0.25) is 5.02 Å². The van der Waals surface area contributed by atoms with E-state index in [0.29, 0.717) is 38.9 Å². The van der Waals surface area contributed by atoms with Crippen molar-refractivity contribution in [3.05, 3.63) is 92.2 Å². The second-order valence-corrected chi connectivity index (χ2v) is 8.55. The van der Waals surface area contributed by atoms with Gasteiger partial charge in [-0.2, -0.15) is 5.26 Å². The van der Waals surface area contributed by atoms with Gasteiger partial charge in [0.15, 0.2) is 11.5 Å². The van der Waals surface area contributed by atoms with E-state index in [4.69, 9.17) is 31.5 Å². The van der Waals surface area contributed by atoms with Gasteiger partial charge >= 0.3 is 0 Å². The zero-order valence-corrected chi connectivity index (χ0v) is 20.0. The van der Waals surface area contributed by atoms with Crippen molar-refractivity contribution in [2.24, 2.45) is 5.73 Å². The molecule has 3 aromatic rings. The molecule has 8 heteroatoms. The Morgan fingerprint density at radius 2 is 1.97 bits per heavy atom. The van der Waals surface area contributed by atoms with E-state index in [-0.39, 0.29) is 23.8 Å². The minimum Gasteiger partial charge on any atom is -0.508 e. The van der Waals surface area contributed by atoms with Crippen LogP contribution in [0.15, 0.2) is 70.5 Å². The van der Waals surface area contributed by atoms with Crippen molar-refractivity contribution >= 4 is 27.5 Å². The van der Waals surface area contributed by atoms with E-state index in [1.165, 1.54) is 6.07 Å².